The molecular formula is C24H26O. The number of phenols is 1. The van der Waals surface area contributed by atoms with Crippen LogP contribution >= 0.6 is 0 Å². The SMILES string of the molecule is CC(C)c1ccccc1-c1ccc(O)c(C(C)(C)c2ccccc2)c1. The molecule has 3 aromatic rings. The van der Waals surface area contributed by atoms with E-state index in [2.05, 4.69) is 70.2 Å². The van der Waals surface area contributed by atoms with Gasteiger partial charge in [0.1, 0.15) is 5.75 Å². The third-order valence-corrected chi connectivity index (χ3v) is 5.06. The minimum atomic E-state index is -0.270. The molecule has 0 bridgehead atoms. The van der Waals surface area contributed by atoms with Crippen molar-refractivity contribution >= 4 is 0 Å². The molecule has 0 saturated carbocycles. The van der Waals surface area contributed by atoms with E-state index < -0.39 is 0 Å². The van der Waals surface area contributed by atoms with E-state index in [4.69, 9.17) is 0 Å². The molecule has 0 radical (unpaired) electrons. The summed E-state index contributed by atoms with van der Waals surface area (Å²) in [4.78, 5) is 0. The number of rotatable bonds is 4. The molecular weight excluding hydrogens is 304 g/mol. The molecule has 0 aliphatic rings. The Morgan fingerprint density at radius 3 is 2.12 bits per heavy atom. The van der Waals surface area contributed by atoms with E-state index in [1.54, 1.807) is 0 Å². The molecule has 0 fully saturated rings. The molecule has 1 nitrogen and oxygen atoms in total. The normalized spacial score (nSPS) is 11.7. The zero-order chi connectivity index (χ0) is 18.0. The fraction of sp³-hybridized carbons (Fsp3) is 0.250. The number of hydrogen-bond donors (Lipinski definition) is 1. The highest BCUT2D eigenvalue weighted by molar-refractivity contribution is 5.70. The zero-order valence-electron chi connectivity index (χ0n) is 15.5. The molecule has 0 spiro atoms. The smallest absolute Gasteiger partial charge is 0.119 e. The summed E-state index contributed by atoms with van der Waals surface area (Å²) in [6.07, 6.45) is 0. The van der Waals surface area contributed by atoms with Gasteiger partial charge in [-0.1, -0.05) is 88.4 Å². The predicted octanol–water partition coefficient (Wildman–Crippen LogP) is 6.51. The molecule has 0 aliphatic heterocycles. The highest BCUT2D eigenvalue weighted by atomic mass is 16.3. The van der Waals surface area contributed by atoms with Gasteiger partial charge in [-0.3, -0.25) is 0 Å². The van der Waals surface area contributed by atoms with Crippen LogP contribution in [0.1, 0.15) is 50.3 Å². The van der Waals surface area contributed by atoms with Crippen molar-refractivity contribution in [3.63, 3.8) is 0 Å². The van der Waals surface area contributed by atoms with Crippen LogP contribution in [0.5, 0.6) is 5.75 Å². The van der Waals surface area contributed by atoms with E-state index in [1.165, 1.54) is 16.7 Å². The first-order valence-electron chi connectivity index (χ1n) is 8.89. The minimum absolute atomic E-state index is 0.270. The maximum absolute atomic E-state index is 10.6. The number of aromatic hydroxyl groups is 1. The summed E-state index contributed by atoms with van der Waals surface area (Å²) in [5.74, 6) is 0.801. The molecule has 128 valence electrons. The van der Waals surface area contributed by atoms with Gasteiger partial charge in [-0.2, -0.15) is 0 Å². The second kappa shape index (κ2) is 6.76. The van der Waals surface area contributed by atoms with Gasteiger partial charge in [0.25, 0.3) is 0 Å². The molecule has 3 rings (SSSR count). The van der Waals surface area contributed by atoms with Crippen LogP contribution < -0.4 is 0 Å². The lowest BCUT2D eigenvalue weighted by molar-refractivity contribution is 0.453. The summed E-state index contributed by atoms with van der Waals surface area (Å²) in [7, 11) is 0. The monoisotopic (exact) mass is 330 g/mol. The topological polar surface area (TPSA) is 20.2 Å². The van der Waals surface area contributed by atoms with E-state index in [9.17, 15) is 5.11 Å². The molecule has 3 aromatic carbocycles. The van der Waals surface area contributed by atoms with Gasteiger partial charge >= 0.3 is 0 Å². The molecule has 0 atom stereocenters. The first kappa shape index (κ1) is 17.3. The second-order valence-electron chi connectivity index (χ2n) is 7.46. The van der Waals surface area contributed by atoms with Crippen molar-refractivity contribution in [2.45, 2.75) is 39.0 Å². The lowest BCUT2D eigenvalue weighted by atomic mass is 9.76. The van der Waals surface area contributed by atoms with Gasteiger partial charge in [0.2, 0.25) is 0 Å². The van der Waals surface area contributed by atoms with E-state index >= 15 is 0 Å². The third-order valence-electron chi connectivity index (χ3n) is 5.06. The fourth-order valence-electron chi connectivity index (χ4n) is 3.48. The van der Waals surface area contributed by atoms with Gasteiger partial charge in [-0.15, -0.1) is 0 Å². The van der Waals surface area contributed by atoms with E-state index in [0.29, 0.717) is 11.7 Å². The Kier molecular flexibility index (Phi) is 4.67. The fourth-order valence-corrected chi connectivity index (χ4v) is 3.48. The van der Waals surface area contributed by atoms with Crippen molar-refractivity contribution < 1.29 is 5.11 Å². The van der Waals surface area contributed by atoms with Crippen LogP contribution in [0.2, 0.25) is 0 Å². The maximum atomic E-state index is 10.6. The average Bonchev–Trinajstić information content (AvgIpc) is 2.62. The van der Waals surface area contributed by atoms with E-state index in [-0.39, 0.29) is 5.41 Å². The standard InChI is InChI=1S/C24H26O/c1-17(2)20-12-8-9-13-21(20)18-14-15-23(25)22(16-18)24(3,4)19-10-6-5-7-11-19/h5-17,25H,1-4H3. The molecule has 0 aromatic heterocycles. The minimum Gasteiger partial charge on any atom is -0.508 e. The van der Waals surface area contributed by atoms with E-state index in [1.807, 2.05) is 30.3 Å². The van der Waals surface area contributed by atoms with Crippen molar-refractivity contribution in [1.29, 1.82) is 0 Å². The molecule has 0 unspecified atom stereocenters. The van der Waals surface area contributed by atoms with Crippen LogP contribution in [0.4, 0.5) is 0 Å². The first-order valence-corrected chi connectivity index (χ1v) is 8.89. The van der Waals surface area contributed by atoms with Gasteiger partial charge < -0.3 is 5.11 Å². The second-order valence-corrected chi connectivity index (χ2v) is 7.46. The third kappa shape index (κ3) is 3.32. The van der Waals surface area contributed by atoms with Crippen LogP contribution in [-0.2, 0) is 5.41 Å². The molecule has 0 aliphatic carbocycles. The Bertz CT molecular complexity index is 860. The lowest BCUT2D eigenvalue weighted by Crippen LogP contribution is -2.19. The van der Waals surface area contributed by atoms with Crippen LogP contribution in [0.3, 0.4) is 0 Å². The average molecular weight is 330 g/mol. The van der Waals surface area contributed by atoms with Crippen molar-refractivity contribution in [2.75, 3.05) is 0 Å². The molecule has 25 heavy (non-hydrogen) atoms. The molecule has 0 saturated heterocycles. The lowest BCUT2D eigenvalue weighted by Gasteiger charge is -2.28. The van der Waals surface area contributed by atoms with Gasteiger partial charge in [0.05, 0.1) is 0 Å². The number of hydrogen-bond acceptors (Lipinski definition) is 1. The van der Waals surface area contributed by atoms with Gasteiger partial charge in [0, 0.05) is 11.0 Å². The molecule has 0 heterocycles. The quantitative estimate of drug-likeness (QED) is 0.578. The predicted molar refractivity (Wildman–Crippen MR) is 106 cm³/mol. The molecule has 0 amide bonds. The first-order chi connectivity index (χ1) is 11.9. The van der Waals surface area contributed by atoms with E-state index in [0.717, 1.165) is 11.1 Å². The van der Waals surface area contributed by atoms with Gasteiger partial charge in [-0.25, -0.2) is 0 Å². The van der Waals surface area contributed by atoms with Gasteiger partial charge in [0.15, 0.2) is 0 Å². The highest BCUT2D eigenvalue weighted by Crippen LogP contribution is 2.40. The van der Waals surface area contributed by atoms with Crippen LogP contribution in [-0.4, -0.2) is 5.11 Å². The zero-order valence-corrected chi connectivity index (χ0v) is 15.5. The van der Waals surface area contributed by atoms with Crippen molar-refractivity contribution in [2.24, 2.45) is 0 Å². The summed E-state index contributed by atoms with van der Waals surface area (Å²) < 4.78 is 0. The Labute approximate surface area is 151 Å². The summed E-state index contributed by atoms with van der Waals surface area (Å²) in [6, 6.07) is 24.9. The summed E-state index contributed by atoms with van der Waals surface area (Å²) >= 11 is 0. The number of phenolic OH excluding ortho intramolecular Hbond substituents is 1. The Morgan fingerprint density at radius 1 is 0.800 bits per heavy atom. The maximum Gasteiger partial charge on any atom is 0.119 e. The summed E-state index contributed by atoms with van der Waals surface area (Å²) in [5.41, 5.74) is 5.60. The molecule has 1 N–H and O–H groups in total. The van der Waals surface area contributed by atoms with Crippen molar-refractivity contribution in [3.05, 3.63) is 89.5 Å². The van der Waals surface area contributed by atoms with Crippen molar-refractivity contribution in [1.82, 2.24) is 0 Å². The van der Waals surface area contributed by atoms with Crippen molar-refractivity contribution in [3.8, 4) is 16.9 Å². The Hall–Kier alpha value is -2.54. The Balaban J connectivity index is 2.15. The highest BCUT2D eigenvalue weighted by Gasteiger charge is 2.26. The van der Waals surface area contributed by atoms with Gasteiger partial charge in [-0.05, 0) is 40.3 Å². The van der Waals surface area contributed by atoms with Crippen LogP contribution in [0.15, 0.2) is 72.8 Å². The van der Waals surface area contributed by atoms with Crippen LogP contribution in [0, 0.1) is 0 Å². The Morgan fingerprint density at radius 2 is 1.44 bits per heavy atom. The molecule has 1 heteroatoms. The number of benzene rings is 3. The largest absolute Gasteiger partial charge is 0.508 e. The van der Waals surface area contributed by atoms with Crippen LogP contribution in [0.25, 0.3) is 11.1 Å². The summed E-state index contributed by atoms with van der Waals surface area (Å²) in [5, 5.41) is 10.6. The summed E-state index contributed by atoms with van der Waals surface area (Å²) in [6.45, 7) is 8.76.